The Labute approximate surface area is 119 Å². The first kappa shape index (κ1) is 13.5. The SMILES string of the molecule is CC(N)Cc1cc(Br)ccc1Sc1ccncn1. The highest BCUT2D eigenvalue weighted by atomic mass is 79.9. The summed E-state index contributed by atoms with van der Waals surface area (Å²) in [6, 6.07) is 8.29. The molecule has 1 atom stereocenters. The second-order valence-electron chi connectivity index (χ2n) is 4.08. The zero-order valence-electron chi connectivity index (χ0n) is 10.0. The monoisotopic (exact) mass is 323 g/mol. The van der Waals surface area contributed by atoms with Crippen LogP contribution in [0.5, 0.6) is 0 Å². The number of aromatic nitrogens is 2. The molecule has 0 aliphatic heterocycles. The molecule has 0 fully saturated rings. The predicted octanol–water partition coefficient (Wildman–Crippen LogP) is 3.28. The maximum Gasteiger partial charge on any atom is 0.116 e. The molecule has 0 aliphatic rings. The van der Waals surface area contributed by atoms with Crippen molar-refractivity contribution in [2.45, 2.75) is 29.3 Å². The minimum absolute atomic E-state index is 0.143. The summed E-state index contributed by atoms with van der Waals surface area (Å²) in [5, 5.41) is 0.943. The smallest absolute Gasteiger partial charge is 0.116 e. The van der Waals surface area contributed by atoms with Crippen molar-refractivity contribution in [1.29, 1.82) is 0 Å². The quantitative estimate of drug-likeness (QED) is 0.877. The molecule has 5 heteroatoms. The molecule has 0 amide bonds. The summed E-state index contributed by atoms with van der Waals surface area (Å²) in [6.45, 7) is 2.01. The van der Waals surface area contributed by atoms with Crippen molar-refractivity contribution >= 4 is 27.7 Å². The molecule has 0 spiro atoms. The molecular weight excluding hydrogens is 310 g/mol. The van der Waals surface area contributed by atoms with Gasteiger partial charge in [-0.15, -0.1) is 0 Å². The number of benzene rings is 1. The lowest BCUT2D eigenvalue weighted by molar-refractivity contribution is 0.729. The Morgan fingerprint density at radius 1 is 1.39 bits per heavy atom. The van der Waals surface area contributed by atoms with Crippen LogP contribution in [0.2, 0.25) is 0 Å². The standard InChI is InChI=1S/C13H14BrN3S/c1-9(15)6-10-7-11(14)2-3-12(10)18-13-4-5-16-8-17-13/h2-5,7-9H,6,15H2,1H3. The summed E-state index contributed by atoms with van der Waals surface area (Å²) in [7, 11) is 0. The minimum atomic E-state index is 0.143. The van der Waals surface area contributed by atoms with Gasteiger partial charge in [0, 0.05) is 21.6 Å². The van der Waals surface area contributed by atoms with Crippen molar-refractivity contribution in [3.8, 4) is 0 Å². The molecule has 1 unspecified atom stereocenters. The second-order valence-corrected chi connectivity index (χ2v) is 6.06. The van der Waals surface area contributed by atoms with E-state index in [0.717, 1.165) is 15.9 Å². The first-order valence-corrected chi connectivity index (χ1v) is 7.24. The maximum atomic E-state index is 5.89. The third-order valence-corrected chi connectivity index (χ3v) is 3.90. The normalized spacial score (nSPS) is 12.4. The molecule has 0 saturated carbocycles. The Morgan fingerprint density at radius 2 is 2.22 bits per heavy atom. The molecule has 94 valence electrons. The molecule has 0 saturated heterocycles. The topological polar surface area (TPSA) is 51.8 Å². The number of rotatable bonds is 4. The maximum absolute atomic E-state index is 5.89. The van der Waals surface area contributed by atoms with Gasteiger partial charge >= 0.3 is 0 Å². The van der Waals surface area contributed by atoms with E-state index in [1.54, 1.807) is 24.3 Å². The van der Waals surface area contributed by atoms with E-state index < -0.39 is 0 Å². The molecule has 2 N–H and O–H groups in total. The highest BCUT2D eigenvalue weighted by Gasteiger charge is 2.08. The number of nitrogens with zero attached hydrogens (tertiary/aromatic N) is 2. The fourth-order valence-electron chi connectivity index (χ4n) is 1.61. The molecule has 18 heavy (non-hydrogen) atoms. The van der Waals surface area contributed by atoms with Crippen LogP contribution < -0.4 is 5.73 Å². The zero-order chi connectivity index (χ0) is 13.0. The van der Waals surface area contributed by atoms with E-state index >= 15 is 0 Å². The van der Waals surface area contributed by atoms with Gasteiger partial charge in [-0.2, -0.15) is 0 Å². The van der Waals surface area contributed by atoms with E-state index in [1.165, 1.54) is 10.5 Å². The zero-order valence-corrected chi connectivity index (χ0v) is 12.4. The van der Waals surface area contributed by atoms with Gasteiger partial charge in [-0.25, -0.2) is 9.97 Å². The summed E-state index contributed by atoms with van der Waals surface area (Å²) in [5.41, 5.74) is 7.13. The van der Waals surface area contributed by atoms with Crippen molar-refractivity contribution in [2.24, 2.45) is 5.73 Å². The molecule has 0 radical (unpaired) electrons. The average Bonchev–Trinajstić information content (AvgIpc) is 2.33. The predicted molar refractivity (Wildman–Crippen MR) is 77.7 cm³/mol. The molecule has 1 aromatic carbocycles. The van der Waals surface area contributed by atoms with Crippen LogP contribution in [0.25, 0.3) is 0 Å². The van der Waals surface area contributed by atoms with Crippen LogP contribution in [-0.2, 0) is 6.42 Å². The van der Waals surface area contributed by atoms with Crippen molar-refractivity contribution in [3.05, 3.63) is 46.8 Å². The Kier molecular flexibility index (Phi) is 4.74. The summed E-state index contributed by atoms with van der Waals surface area (Å²) >= 11 is 5.13. The molecule has 0 aliphatic carbocycles. The summed E-state index contributed by atoms with van der Waals surface area (Å²) in [5.74, 6) is 0. The molecular formula is C13H14BrN3S. The fraction of sp³-hybridized carbons (Fsp3) is 0.231. The van der Waals surface area contributed by atoms with Crippen molar-refractivity contribution in [3.63, 3.8) is 0 Å². The molecule has 3 nitrogen and oxygen atoms in total. The lowest BCUT2D eigenvalue weighted by atomic mass is 10.1. The van der Waals surface area contributed by atoms with Crippen LogP contribution >= 0.6 is 27.7 Å². The van der Waals surface area contributed by atoms with Gasteiger partial charge in [0.2, 0.25) is 0 Å². The van der Waals surface area contributed by atoms with Gasteiger partial charge in [-0.3, -0.25) is 0 Å². The second kappa shape index (κ2) is 6.31. The van der Waals surface area contributed by atoms with Crippen LogP contribution in [0.4, 0.5) is 0 Å². The molecule has 2 rings (SSSR count). The third kappa shape index (κ3) is 3.80. The van der Waals surface area contributed by atoms with Gasteiger partial charge in [0.15, 0.2) is 0 Å². The first-order chi connectivity index (χ1) is 8.65. The largest absolute Gasteiger partial charge is 0.328 e. The number of hydrogen-bond acceptors (Lipinski definition) is 4. The first-order valence-electron chi connectivity index (χ1n) is 5.63. The highest BCUT2D eigenvalue weighted by Crippen LogP contribution is 2.31. The van der Waals surface area contributed by atoms with Gasteiger partial charge in [0.05, 0.1) is 0 Å². The number of nitrogens with two attached hydrogens (primary N) is 1. The Hall–Kier alpha value is -0.910. The lowest BCUT2D eigenvalue weighted by Gasteiger charge is -2.11. The molecule has 0 bridgehead atoms. The van der Waals surface area contributed by atoms with Crippen molar-refractivity contribution in [1.82, 2.24) is 9.97 Å². The van der Waals surface area contributed by atoms with E-state index in [-0.39, 0.29) is 6.04 Å². The minimum Gasteiger partial charge on any atom is -0.328 e. The Balaban J connectivity index is 2.26. The highest BCUT2D eigenvalue weighted by molar-refractivity contribution is 9.10. The van der Waals surface area contributed by atoms with Gasteiger partial charge in [-0.05, 0) is 43.2 Å². The third-order valence-electron chi connectivity index (χ3n) is 2.33. The van der Waals surface area contributed by atoms with Crippen LogP contribution in [0.15, 0.2) is 51.2 Å². The van der Waals surface area contributed by atoms with Gasteiger partial charge in [0.25, 0.3) is 0 Å². The summed E-state index contributed by atoms with van der Waals surface area (Å²) in [4.78, 5) is 9.33. The van der Waals surface area contributed by atoms with E-state index in [9.17, 15) is 0 Å². The van der Waals surface area contributed by atoms with E-state index in [1.807, 2.05) is 19.1 Å². The van der Waals surface area contributed by atoms with E-state index in [4.69, 9.17) is 5.73 Å². The Bertz CT molecular complexity index is 517. The lowest BCUT2D eigenvalue weighted by Crippen LogP contribution is -2.18. The van der Waals surface area contributed by atoms with Crippen LogP contribution in [0, 0.1) is 0 Å². The summed E-state index contributed by atoms with van der Waals surface area (Å²) in [6.07, 6.45) is 4.17. The van der Waals surface area contributed by atoms with Crippen molar-refractivity contribution < 1.29 is 0 Å². The van der Waals surface area contributed by atoms with E-state index in [0.29, 0.717) is 0 Å². The molecule has 1 aromatic heterocycles. The van der Waals surface area contributed by atoms with Crippen LogP contribution in [0.1, 0.15) is 12.5 Å². The molecule has 2 aromatic rings. The number of halogens is 1. The van der Waals surface area contributed by atoms with E-state index in [2.05, 4.69) is 38.0 Å². The van der Waals surface area contributed by atoms with Gasteiger partial charge in [0.1, 0.15) is 11.4 Å². The fourth-order valence-corrected chi connectivity index (χ4v) is 2.88. The number of hydrogen-bond donors (Lipinski definition) is 1. The van der Waals surface area contributed by atoms with Crippen LogP contribution in [-0.4, -0.2) is 16.0 Å². The Morgan fingerprint density at radius 3 is 2.89 bits per heavy atom. The molecule has 1 heterocycles. The van der Waals surface area contributed by atoms with Gasteiger partial charge < -0.3 is 5.73 Å². The van der Waals surface area contributed by atoms with Crippen molar-refractivity contribution in [2.75, 3.05) is 0 Å². The average molecular weight is 324 g/mol. The summed E-state index contributed by atoms with van der Waals surface area (Å²) < 4.78 is 1.07. The van der Waals surface area contributed by atoms with Crippen LogP contribution in [0.3, 0.4) is 0 Å². The van der Waals surface area contributed by atoms with Gasteiger partial charge in [-0.1, -0.05) is 27.7 Å².